The zero-order valence-corrected chi connectivity index (χ0v) is 12.2. The Bertz CT molecular complexity index is 363. The predicted molar refractivity (Wildman–Crippen MR) is 75.6 cm³/mol. The van der Waals surface area contributed by atoms with Gasteiger partial charge in [-0.25, -0.2) is 4.79 Å². The summed E-state index contributed by atoms with van der Waals surface area (Å²) in [6.45, 7) is 5.16. The Morgan fingerprint density at radius 2 is 1.85 bits per heavy atom. The van der Waals surface area contributed by atoms with Crippen LogP contribution in [0.1, 0.15) is 39.0 Å². The summed E-state index contributed by atoms with van der Waals surface area (Å²) in [4.78, 5) is 25.1. The van der Waals surface area contributed by atoms with Gasteiger partial charge >= 0.3 is 12.0 Å². The Kier molecular flexibility index (Phi) is 4.86. The molecule has 2 aliphatic rings. The lowest BCUT2D eigenvalue weighted by Gasteiger charge is -2.32. The molecule has 2 amide bonds. The second-order valence-corrected chi connectivity index (χ2v) is 6.09. The van der Waals surface area contributed by atoms with Gasteiger partial charge in [-0.15, -0.1) is 0 Å². The van der Waals surface area contributed by atoms with E-state index in [-0.39, 0.29) is 12.6 Å². The zero-order valence-electron chi connectivity index (χ0n) is 12.2. The second-order valence-electron chi connectivity index (χ2n) is 6.09. The molecule has 2 rings (SSSR count). The third kappa shape index (κ3) is 3.85. The Morgan fingerprint density at radius 1 is 1.20 bits per heavy atom. The van der Waals surface area contributed by atoms with E-state index in [1.165, 1.54) is 19.3 Å². The van der Waals surface area contributed by atoms with Crippen LogP contribution in [-0.2, 0) is 4.79 Å². The van der Waals surface area contributed by atoms with Crippen molar-refractivity contribution in [2.24, 2.45) is 5.41 Å². The SMILES string of the molecule is CC(CNC(=O)NCC1(C(=O)O)CC1)N1CCCCC1. The predicted octanol–water partition coefficient (Wildman–Crippen LogP) is 1.02. The number of carbonyl (C=O) groups excluding carboxylic acids is 1. The highest BCUT2D eigenvalue weighted by molar-refractivity contribution is 5.80. The van der Waals surface area contributed by atoms with E-state index in [9.17, 15) is 9.59 Å². The summed E-state index contributed by atoms with van der Waals surface area (Å²) >= 11 is 0. The van der Waals surface area contributed by atoms with Crippen LogP contribution in [0.3, 0.4) is 0 Å². The first-order valence-corrected chi connectivity index (χ1v) is 7.53. The Balaban J connectivity index is 1.63. The quantitative estimate of drug-likeness (QED) is 0.680. The third-order valence-electron chi connectivity index (χ3n) is 4.47. The zero-order chi connectivity index (χ0) is 14.6. The van der Waals surface area contributed by atoms with Gasteiger partial charge in [0.05, 0.1) is 5.41 Å². The Hall–Kier alpha value is -1.30. The number of carbonyl (C=O) groups is 2. The monoisotopic (exact) mass is 283 g/mol. The molecule has 1 unspecified atom stereocenters. The summed E-state index contributed by atoms with van der Waals surface area (Å²) in [5, 5.41) is 14.5. The number of hydrogen-bond donors (Lipinski definition) is 3. The molecule has 1 saturated carbocycles. The van der Waals surface area contributed by atoms with Gasteiger partial charge in [0.25, 0.3) is 0 Å². The van der Waals surface area contributed by atoms with Gasteiger partial charge in [-0.3, -0.25) is 9.69 Å². The molecular weight excluding hydrogens is 258 g/mol. The van der Waals surface area contributed by atoms with Crippen LogP contribution in [-0.4, -0.2) is 54.2 Å². The van der Waals surface area contributed by atoms with E-state index in [0.29, 0.717) is 25.4 Å². The van der Waals surface area contributed by atoms with Crippen LogP contribution in [0.4, 0.5) is 4.79 Å². The lowest BCUT2D eigenvalue weighted by Crippen LogP contribution is -2.47. The first-order chi connectivity index (χ1) is 9.53. The first kappa shape index (κ1) is 15.1. The average molecular weight is 283 g/mol. The van der Waals surface area contributed by atoms with Crippen molar-refractivity contribution in [3.05, 3.63) is 0 Å². The molecule has 1 aliphatic heterocycles. The fourth-order valence-corrected chi connectivity index (χ4v) is 2.66. The largest absolute Gasteiger partial charge is 0.481 e. The molecule has 1 heterocycles. The van der Waals surface area contributed by atoms with Crippen LogP contribution < -0.4 is 10.6 Å². The molecule has 0 radical (unpaired) electrons. The number of nitrogens with zero attached hydrogens (tertiary/aromatic N) is 1. The Labute approximate surface area is 119 Å². The average Bonchev–Trinajstić information content (AvgIpc) is 3.25. The summed E-state index contributed by atoms with van der Waals surface area (Å²) < 4.78 is 0. The maximum atomic E-state index is 11.7. The van der Waals surface area contributed by atoms with Gasteiger partial charge in [0.2, 0.25) is 0 Å². The van der Waals surface area contributed by atoms with Gasteiger partial charge in [0, 0.05) is 19.1 Å². The summed E-state index contributed by atoms with van der Waals surface area (Å²) in [6.07, 6.45) is 5.09. The molecule has 3 N–H and O–H groups in total. The molecule has 0 aromatic heterocycles. The van der Waals surface area contributed by atoms with Gasteiger partial charge < -0.3 is 15.7 Å². The molecular formula is C14H25N3O3. The number of carboxylic acid groups (broad SMARTS) is 1. The fourth-order valence-electron chi connectivity index (χ4n) is 2.66. The number of hydrogen-bond acceptors (Lipinski definition) is 3. The van der Waals surface area contributed by atoms with Crippen molar-refractivity contribution in [1.82, 2.24) is 15.5 Å². The fraction of sp³-hybridized carbons (Fsp3) is 0.857. The Morgan fingerprint density at radius 3 is 2.40 bits per heavy atom. The van der Waals surface area contributed by atoms with Gasteiger partial charge in [-0.05, 0) is 45.7 Å². The van der Waals surface area contributed by atoms with E-state index in [4.69, 9.17) is 5.11 Å². The molecule has 6 nitrogen and oxygen atoms in total. The summed E-state index contributed by atoms with van der Waals surface area (Å²) in [5.74, 6) is -0.806. The van der Waals surface area contributed by atoms with Gasteiger partial charge in [0.15, 0.2) is 0 Å². The number of carboxylic acids is 1. The molecule has 0 bridgehead atoms. The molecule has 0 aromatic rings. The van der Waals surface area contributed by atoms with Crippen molar-refractivity contribution in [3.63, 3.8) is 0 Å². The molecule has 6 heteroatoms. The highest BCUT2D eigenvalue weighted by Gasteiger charge is 2.50. The van der Waals surface area contributed by atoms with E-state index >= 15 is 0 Å². The maximum Gasteiger partial charge on any atom is 0.314 e. The van der Waals surface area contributed by atoms with Crippen LogP contribution in [0.5, 0.6) is 0 Å². The summed E-state index contributed by atoms with van der Waals surface area (Å²) in [5.41, 5.74) is -0.699. The molecule has 114 valence electrons. The van der Waals surface area contributed by atoms with Gasteiger partial charge in [-0.1, -0.05) is 6.42 Å². The first-order valence-electron chi connectivity index (χ1n) is 7.53. The molecule has 0 spiro atoms. The van der Waals surface area contributed by atoms with Crippen molar-refractivity contribution in [1.29, 1.82) is 0 Å². The number of aliphatic carboxylic acids is 1. The second kappa shape index (κ2) is 6.43. The molecule has 2 fully saturated rings. The number of urea groups is 1. The summed E-state index contributed by atoms with van der Waals surface area (Å²) in [7, 11) is 0. The van der Waals surface area contributed by atoms with Crippen molar-refractivity contribution in [3.8, 4) is 0 Å². The minimum Gasteiger partial charge on any atom is -0.481 e. The molecule has 20 heavy (non-hydrogen) atoms. The van der Waals surface area contributed by atoms with Crippen molar-refractivity contribution in [2.75, 3.05) is 26.2 Å². The molecule has 1 atom stereocenters. The van der Waals surface area contributed by atoms with Crippen LogP contribution in [0.25, 0.3) is 0 Å². The van der Waals surface area contributed by atoms with E-state index in [1.807, 2.05) is 0 Å². The van der Waals surface area contributed by atoms with E-state index < -0.39 is 11.4 Å². The maximum absolute atomic E-state index is 11.7. The lowest BCUT2D eigenvalue weighted by molar-refractivity contribution is -0.143. The van der Waals surface area contributed by atoms with E-state index in [2.05, 4.69) is 22.5 Å². The van der Waals surface area contributed by atoms with Crippen molar-refractivity contribution >= 4 is 12.0 Å². The number of rotatable bonds is 6. The van der Waals surface area contributed by atoms with E-state index in [0.717, 1.165) is 13.1 Å². The number of piperidine rings is 1. The molecule has 1 aliphatic carbocycles. The number of likely N-dealkylation sites (tertiary alicyclic amines) is 1. The number of amides is 2. The van der Waals surface area contributed by atoms with Crippen LogP contribution >= 0.6 is 0 Å². The van der Waals surface area contributed by atoms with Crippen molar-refractivity contribution < 1.29 is 14.7 Å². The van der Waals surface area contributed by atoms with E-state index in [1.54, 1.807) is 0 Å². The smallest absolute Gasteiger partial charge is 0.314 e. The highest BCUT2D eigenvalue weighted by atomic mass is 16.4. The normalized spacial score (nSPS) is 22.9. The van der Waals surface area contributed by atoms with Crippen LogP contribution in [0.2, 0.25) is 0 Å². The highest BCUT2D eigenvalue weighted by Crippen LogP contribution is 2.45. The minimum atomic E-state index is -0.806. The van der Waals surface area contributed by atoms with Gasteiger partial charge in [-0.2, -0.15) is 0 Å². The topological polar surface area (TPSA) is 81.7 Å². The standard InChI is InChI=1S/C14H25N3O3/c1-11(17-7-3-2-4-8-17)9-15-13(20)16-10-14(5-6-14)12(18)19/h11H,2-10H2,1H3,(H,18,19)(H2,15,16,20). The summed E-state index contributed by atoms with van der Waals surface area (Å²) in [6, 6.07) is 0.0665. The van der Waals surface area contributed by atoms with Crippen molar-refractivity contribution in [2.45, 2.75) is 45.1 Å². The minimum absolute atomic E-state index is 0.228. The van der Waals surface area contributed by atoms with Crippen LogP contribution in [0, 0.1) is 5.41 Å². The van der Waals surface area contributed by atoms with Gasteiger partial charge in [0.1, 0.15) is 0 Å². The molecule has 0 aromatic carbocycles. The van der Waals surface area contributed by atoms with Crippen LogP contribution in [0.15, 0.2) is 0 Å². The lowest BCUT2D eigenvalue weighted by atomic mass is 10.1. The third-order valence-corrected chi connectivity index (χ3v) is 4.47. The molecule has 1 saturated heterocycles. The number of nitrogens with one attached hydrogen (secondary N) is 2.